The zero-order valence-electron chi connectivity index (χ0n) is 11.8. The van der Waals surface area contributed by atoms with Crippen LogP contribution in [0.15, 0.2) is 29.6 Å². The van der Waals surface area contributed by atoms with Crippen LogP contribution in [0.25, 0.3) is 0 Å². The Labute approximate surface area is 132 Å². The molecule has 0 aliphatic carbocycles. The molecule has 2 N–H and O–H groups in total. The molecule has 7 heteroatoms. The number of anilines is 1. The maximum absolute atomic E-state index is 12.0. The zero-order chi connectivity index (χ0) is 15.2. The molecule has 1 aromatic carbocycles. The predicted octanol–water partition coefficient (Wildman–Crippen LogP) is 3.36. The van der Waals surface area contributed by atoms with E-state index in [9.17, 15) is 4.79 Å². The lowest BCUT2D eigenvalue weighted by atomic mass is 10.3. The number of carbonyl (C=O) groups excluding carboxylic acids is 1. The molecule has 5 nitrogen and oxygen atoms in total. The van der Waals surface area contributed by atoms with Gasteiger partial charge in [0.15, 0.2) is 5.16 Å². The van der Waals surface area contributed by atoms with E-state index >= 15 is 0 Å². The molecule has 1 aromatic heterocycles. The Morgan fingerprint density at radius 3 is 3.00 bits per heavy atom. The van der Waals surface area contributed by atoms with E-state index in [-0.39, 0.29) is 11.7 Å². The van der Waals surface area contributed by atoms with E-state index in [2.05, 4.69) is 15.3 Å². The smallest absolute Gasteiger partial charge is 0.234 e. The van der Waals surface area contributed by atoms with E-state index in [1.165, 1.54) is 11.8 Å². The molecule has 0 aliphatic rings. The molecule has 2 rings (SSSR count). The van der Waals surface area contributed by atoms with Crippen molar-refractivity contribution in [3.8, 4) is 5.75 Å². The molecule has 21 heavy (non-hydrogen) atoms. The first-order chi connectivity index (χ1) is 10.1. The van der Waals surface area contributed by atoms with Crippen molar-refractivity contribution < 1.29 is 9.53 Å². The minimum absolute atomic E-state index is 0.144. The lowest BCUT2D eigenvalue weighted by Crippen LogP contribution is -2.14. The number of ether oxygens (including phenoxy) is 1. The van der Waals surface area contributed by atoms with Gasteiger partial charge in [0.1, 0.15) is 5.75 Å². The van der Waals surface area contributed by atoms with Gasteiger partial charge in [-0.3, -0.25) is 4.79 Å². The van der Waals surface area contributed by atoms with Gasteiger partial charge >= 0.3 is 0 Å². The van der Waals surface area contributed by atoms with E-state index in [1.807, 2.05) is 6.92 Å². The Balaban J connectivity index is 1.94. The van der Waals surface area contributed by atoms with Crippen molar-refractivity contribution in [1.29, 1.82) is 0 Å². The van der Waals surface area contributed by atoms with E-state index < -0.39 is 0 Å². The van der Waals surface area contributed by atoms with Crippen LogP contribution < -0.4 is 10.1 Å². The van der Waals surface area contributed by atoms with E-state index in [0.29, 0.717) is 16.5 Å². The fourth-order valence-electron chi connectivity index (χ4n) is 1.69. The fourth-order valence-corrected chi connectivity index (χ4v) is 2.53. The Bertz CT molecular complexity index is 630. The zero-order valence-corrected chi connectivity index (χ0v) is 13.3. The van der Waals surface area contributed by atoms with Crippen LogP contribution in [0.3, 0.4) is 0 Å². The summed E-state index contributed by atoms with van der Waals surface area (Å²) >= 11 is 7.27. The van der Waals surface area contributed by atoms with Crippen LogP contribution in [0, 0.1) is 0 Å². The van der Waals surface area contributed by atoms with Gasteiger partial charge in [-0.2, -0.15) is 0 Å². The summed E-state index contributed by atoms with van der Waals surface area (Å²) in [5, 5.41) is 4.06. The molecule has 1 amide bonds. The highest BCUT2D eigenvalue weighted by Gasteiger charge is 2.10. The lowest BCUT2D eigenvalue weighted by molar-refractivity contribution is -0.113. The second kappa shape index (κ2) is 7.38. The summed E-state index contributed by atoms with van der Waals surface area (Å²) in [7, 11) is 1.54. The molecule has 0 fully saturated rings. The number of aryl methyl sites for hydroxylation is 1. The van der Waals surface area contributed by atoms with Crippen LogP contribution in [-0.2, 0) is 11.2 Å². The number of methoxy groups -OCH3 is 1. The maximum atomic E-state index is 12.0. The van der Waals surface area contributed by atoms with Gasteiger partial charge in [0.25, 0.3) is 0 Å². The van der Waals surface area contributed by atoms with Crippen LogP contribution >= 0.6 is 23.4 Å². The molecule has 0 radical (unpaired) electrons. The van der Waals surface area contributed by atoms with Gasteiger partial charge in [-0.25, -0.2) is 4.98 Å². The van der Waals surface area contributed by atoms with Crippen molar-refractivity contribution in [2.75, 3.05) is 18.2 Å². The maximum Gasteiger partial charge on any atom is 0.234 e. The first kappa shape index (κ1) is 15.7. The minimum atomic E-state index is -0.144. The van der Waals surface area contributed by atoms with Gasteiger partial charge in [-0.15, -0.1) is 0 Å². The van der Waals surface area contributed by atoms with Gasteiger partial charge in [0, 0.05) is 16.9 Å². The van der Waals surface area contributed by atoms with E-state index in [1.54, 1.807) is 31.5 Å². The Hall–Kier alpha value is -1.66. The number of carbonyl (C=O) groups is 1. The van der Waals surface area contributed by atoms with Gasteiger partial charge in [0.05, 0.1) is 18.6 Å². The van der Waals surface area contributed by atoms with Crippen molar-refractivity contribution in [3.63, 3.8) is 0 Å². The summed E-state index contributed by atoms with van der Waals surface area (Å²) in [4.78, 5) is 19.3. The molecule has 0 bridgehead atoms. The van der Waals surface area contributed by atoms with E-state index in [4.69, 9.17) is 16.3 Å². The van der Waals surface area contributed by atoms with Crippen molar-refractivity contribution in [1.82, 2.24) is 9.97 Å². The normalized spacial score (nSPS) is 10.4. The van der Waals surface area contributed by atoms with Crippen molar-refractivity contribution in [3.05, 3.63) is 35.1 Å². The Morgan fingerprint density at radius 2 is 2.33 bits per heavy atom. The summed E-state index contributed by atoms with van der Waals surface area (Å²) in [6.45, 7) is 2.04. The molecule has 112 valence electrons. The number of rotatable bonds is 6. The van der Waals surface area contributed by atoms with Crippen LogP contribution in [-0.4, -0.2) is 28.7 Å². The average molecular weight is 326 g/mol. The summed E-state index contributed by atoms with van der Waals surface area (Å²) < 4.78 is 5.18. The molecule has 0 spiro atoms. The van der Waals surface area contributed by atoms with Crippen molar-refractivity contribution >= 4 is 35.0 Å². The molecule has 2 aromatic rings. The largest absolute Gasteiger partial charge is 0.495 e. The Morgan fingerprint density at radius 1 is 1.52 bits per heavy atom. The predicted molar refractivity (Wildman–Crippen MR) is 85.3 cm³/mol. The number of aromatic nitrogens is 2. The van der Waals surface area contributed by atoms with Crippen LogP contribution in [0.2, 0.25) is 5.02 Å². The number of hydrogen-bond acceptors (Lipinski definition) is 4. The fraction of sp³-hybridized carbons (Fsp3) is 0.286. The molecule has 0 unspecified atom stereocenters. The third kappa shape index (κ3) is 4.41. The molecular weight excluding hydrogens is 310 g/mol. The van der Waals surface area contributed by atoms with Gasteiger partial charge < -0.3 is 15.0 Å². The van der Waals surface area contributed by atoms with E-state index in [0.717, 1.165) is 17.3 Å². The topological polar surface area (TPSA) is 67.0 Å². The van der Waals surface area contributed by atoms with Gasteiger partial charge in [0.2, 0.25) is 5.91 Å². The number of nitrogens with zero attached hydrogens (tertiary/aromatic N) is 1. The first-order valence-corrected chi connectivity index (χ1v) is 7.78. The van der Waals surface area contributed by atoms with Gasteiger partial charge in [-0.05, 0) is 24.6 Å². The molecule has 1 heterocycles. The highest BCUT2D eigenvalue weighted by Crippen LogP contribution is 2.28. The number of H-pyrrole nitrogens is 1. The number of halogens is 1. The third-order valence-electron chi connectivity index (χ3n) is 2.76. The number of nitrogens with one attached hydrogen (secondary N) is 2. The number of imidazole rings is 1. The number of thioether (sulfide) groups is 1. The number of hydrogen-bond donors (Lipinski definition) is 2. The summed E-state index contributed by atoms with van der Waals surface area (Å²) in [6, 6.07) is 5.08. The molecular formula is C14H16ClN3O2S. The summed E-state index contributed by atoms with van der Waals surface area (Å²) in [6.07, 6.45) is 2.67. The van der Waals surface area contributed by atoms with Crippen LogP contribution in [0.5, 0.6) is 5.75 Å². The molecule has 0 saturated heterocycles. The molecule has 0 atom stereocenters. The quantitative estimate of drug-likeness (QED) is 0.799. The second-order valence-corrected chi connectivity index (χ2v) is 5.65. The number of benzene rings is 1. The average Bonchev–Trinajstić information content (AvgIpc) is 2.93. The van der Waals surface area contributed by atoms with Crippen molar-refractivity contribution in [2.24, 2.45) is 0 Å². The SMILES string of the molecule is CCc1cnc(SCC(=O)Nc2cc(Cl)ccc2OC)[nH]1. The monoisotopic (exact) mass is 325 g/mol. The highest BCUT2D eigenvalue weighted by molar-refractivity contribution is 7.99. The van der Waals surface area contributed by atoms with Crippen LogP contribution in [0.1, 0.15) is 12.6 Å². The number of amides is 1. The Kier molecular flexibility index (Phi) is 5.52. The van der Waals surface area contributed by atoms with Crippen molar-refractivity contribution in [2.45, 2.75) is 18.5 Å². The highest BCUT2D eigenvalue weighted by atomic mass is 35.5. The third-order valence-corrected chi connectivity index (χ3v) is 3.88. The molecule has 0 aliphatic heterocycles. The molecule has 0 saturated carbocycles. The first-order valence-electron chi connectivity index (χ1n) is 6.42. The second-order valence-electron chi connectivity index (χ2n) is 4.25. The van der Waals surface area contributed by atoms with Crippen LogP contribution in [0.4, 0.5) is 5.69 Å². The lowest BCUT2D eigenvalue weighted by Gasteiger charge is -2.10. The minimum Gasteiger partial charge on any atom is -0.495 e. The number of aromatic amines is 1. The summed E-state index contributed by atoms with van der Waals surface area (Å²) in [5.41, 5.74) is 1.61. The summed E-state index contributed by atoms with van der Waals surface area (Å²) in [5.74, 6) is 0.686. The standard InChI is InChI=1S/C14H16ClN3O2S/c1-3-10-7-16-14(17-10)21-8-13(19)18-11-6-9(15)4-5-12(11)20-2/h4-7H,3,8H2,1-2H3,(H,16,17)(H,18,19). The van der Waals surface area contributed by atoms with Gasteiger partial charge in [-0.1, -0.05) is 30.3 Å².